The van der Waals surface area contributed by atoms with Crippen molar-refractivity contribution in [3.05, 3.63) is 52.5 Å². The molecule has 0 saturated heterocycles. The molecule has 0 aliphatic heterocycles. The van der Waals surface area contributed by atoms with Crippen LogP contribution in [0.2, 0.25) is 0 Å². The van der Waals surface area contributed by atoms with Gasteiger partial charge in [0.1, 0.15) is 5.75 Å². The Kier molecular flexibility index (Phi) is 4.98. The Morgan fingerprint density at radius 1 is 1.24 bits per heavy atom. The molecule has 0 aliphatic rings. The lowest BCUT2D eigenvalue weighted by Gasteiger charge is -2.16. The van der Waals surface area contributed by atoms with Gasteiger partial charge in [0.2, 0.25) is 5.91 Å². The number of anilines is 1. The van der Waals surface area contributed by atoms with E-state index in [2.05, 4.69) is 21.2 Å². The highest BCUT2D eigenvalue weighted by Crippen LogP contribution is 2.35. The maximum absolute atomic E-state index is 11.2. The molecule has 0 fully saturated rings. The lowest BCUT2D eigenvalue weighted by molar-refractivity contribution is -0.114. The van der Waals surface area contributed by atoms with Gasteiger partial charge in [-0.2, -0.15) is 0 Å². The van der Waals surface area contributed by atoms with Crippen LogP contribution in [0.5, 0.6) is 11.5 Å². The van der Waals surface area contributed by atoms with Crippen molar-refractivity contribution >= 4 is 27.5 Å². The van der Waals surface area contributed by atoms with Gasteiger partial charge in [-0.3, -0.25) is 4.79 Å². The van der Waals surface area contributed by atoms with Gasteiger partial charge in [0.15, 0.2) is 5.75 Å². The number of aliphatic hydroxyl groups is 1. The second-order valence-electron chi connectivity index (χ2n) is 4.64. The third-order valence-electron chi connectivity index (χ3n) is 2.84. The summed E-state index contributed by atoms with van der Waals surface area (Å²) in [6.07, 6.45) is -0.662. The average molecular weight is 350 g/mol. The summed E-state index contributed by atoms with van der Waals surface area (Å²) >= 11 is 3.37. The molecule has 5 heteroatoms. The molecule has 2 aromatic rings. The summed E-state index contributed by atoms with van der Waals surface area (Å²) in [5, 5.41) is 12.6. The van der Waals surface area contributed by atoms with Crippen LogP contribution in [0.1, 0.15) is 25.5 Å². The molecule has 4 nitrogen and oxygen atoms in total. The second kappa shape index (κ2) is 6.74. The summed E-state index contributed by atoms with van der Waals surface area (Å²) in [4.78, 5) is 11.2. The molecule has 2 aromatic carbocycles. The number of aliphatic hydroxyl groups excluding tert-OH is 1. The first kappa shape index (κ1) is 15.5. The van der Waals surface area contributed by atoms with Crippen molar-refractivity contribution in [3.63, 3.8) is 0 Å². The fourth-order valence-electron chi connectivity index (χ4n) is 1.91. The van der Waals surface area contributed by atoms with E-state index in [0.717, 1.165) is 4.47 Å². The van der Waals surface area contributed by atoms with E-state index in [1.807, 2.05) is 18.2 Å². The average Bonchev–Trinajstić information content (AvgIpc) is 2.42. The number of rotatable bonds is 4. The molecule has 1 amide bonds. The number of nitrogens with one attached hydrogen (secondary N) is 1. The van der Waals surface area contributed by atoms with Crippen molar-refractivity contribution in [2.75, 3.05) is 5.32 Å². The number of ether oxygens (including phenoxy) is 1. The fourth-order valence-corrected chi connectivity index (χ4v) is 2.28. The highest BCUT2D eigenvalue weighted by Gasteiger charge is 2.13. The van der Waals surface area contributed by atoms with Gasteiger partial charge in [0, 0.05) is 17.0 Å². The molecule has 2 N–H and O–H groups in total. The van der Waals surface area contributed by atoms with E-state index >= 15 is 0 Å². The summed E-state index contributed by atoms with van der Waals surface area (Å²) in [7, 11) is 0. The first-order valence-electron chi connectivity index (χ1n) is 6.49. The smallest absolute Gasteiger partial charge is 0.221 e. The van der Waals surface area contributed by atoms with Gasteiger partial charge >= 0.3 is 0 Å². The molecule has 0 spiro atoms. The highest BCUT2D eigenvalue weighted by molar-refractivity contribution is 9.10. The number of benzene rings is 2. The van der Waals surface area contributed by atoms with Crippen LogP contribution in [-0.2, 0) is 4.79 Å². The number of para-hydroxylation sites is 2. The lowest BCUT2D eigenvalue weighted by Crippen LogP contribution is -2.07. The minimum absolute atomic E-state index is 0.169. The van der Waals surface area contributed by atoms with Gasteiger partial charge in [0.25, 0.3) is 0 Å². The molecular weight excluding hydrogens is 334 g/mol. The van der Waals surface area contributed by atoms with Crippen LogP contribution >= 0.6 is 15.9 Å². The van der Waals surface area contributed by atoms with E-state index in [1.54, 1.807) is 31.2 Å². The number of carbonyl (C=O) groups is 1. The molecule has 0 aliphatic carbocycles. The number of amides is 1. The molecule has 0 saturated carbocycles. The Morgan fingerprint density at radius 3 is 2.62 bits per heavy atom. The fraction of sp³-hybridized carbons (Fsp3) is 0.188. The minimum atomic E-state index is -0.662. The lowest BCUT2D eigenvalue weighted by atomic mass is 10.1. The SMILES string of the molecule is CC(=O)Nc1ccccc1Oc1ccc(Br)cc1C(C)O. The van der Waals surface area contributed by atoms with Crippen molar-refractivity contribution in [3.8, 4) is 11.5 Å². The summed E-state index contributed by atoms with van der Waals surface area (Å²) < 4.78 is 6.72. The van der Waals surface area contributed by atoms with Crippen LogP contribution in [0.3, 0.4) is 0 Å². The van der Waals surface area contributed by atoms with E-state index in [0.29, 0.717) is 22.7 Å². The number of carbonyl (C=O) groups excluding carboxylic acids is 1. The largest absolute Gasteiger partial charge is 0.455 e. The standard InChI is InChI=1S/C16H16BrNO3/c1-10(19)13-9-12(17)7-8-15(13)21-16-6-4-3-5-14(16)18-11(2)20/h3-10,19H,1-2H3,(H,18,20). The normalized spacial score (nSPS) is 11.8. The summed E-state index contributed by atoms with van der Waals surface area (Å²) in [6.45, 7) is 3.12. The van der Waals surface area contributed by atoms with Gasteiger partial charge in [-0.25, -0.2) is 0 Å². The van der Waals surface area contributed by atoms with Gasteiger partial charge in [-0.1, -0.05) is 28.1 Å². The van der Waals surface area contributed by atoms with Crippen LogP contribution in [0, 0.1) is 0 Å². The zero-order chi connectivity index (χ0) is 15.4. The zero-order valence-corrected chi connectivity index (χ0v) is 13.3. The Morgan fingerprint density at radius 2 is 1.95 bits per heavy atom. The highest BCUT2D eigenvalue weighted by atomic mass is 79.9. The van der Waals surface area contributed by atoms with Crippen molar-refractivity contribution in [2.45, 2.75) is 20.0 Å². The zero-order valence-electron chi connectivity index (χ0n) is 11.8. The van der Waals surface area contributed by atoms with Crippen molar-refractivity contribution in [2.24, 2.45) is 0 Å². The predicted octanol–water partition coefficient (Wildman–Crippen LogP) is 4.25. The molecule has 0 heterocycles. The Hall–Kier alpha value is -1.85. The van der Waals surface area contributed by atoms with Crippen LogP contribution in [0.4, 0.5) is 5.69 Å². The maximum Gasteiger partial charge on any atom is 0.221 e. The number of hydrogen-bond donors (Lipinski definition) is 2. The van der Waals surface area contributed by atoms with E-state index in [9.17, 15) is 9.90 Å². The quantitative estimate of drug-likeness (QED) is 0.867. The second-order valence-corrected chi connectivity index (χ2v) is 5.55. The van der Waals surface area contributed by atoms with Crippen molar-refractivity contribution in [1.82, 2.24) is 0 Å². The Balaban J connectivity index is 2.36. The van der Waals surface area contributed by atoms with Crippen molar-refractivity contribution in [1.29, 1.82) is 0 Å². The molecule has 0 radical (unpaired) electrons. The van der Waals surface area contributed by atoms with Crippen molar-refractivity contribution < 1.29 is 14.6 Å². The maximum atomic E-state index is 11.2. The van der Waals surface area contributed by atoms with Gasteiger partial charge in [0.05, 0.1) is 11.8 Å². The molecule has 2 rings (SSSR count). The van der Waals surface area contributed by atoms with Gasteiger partial charge in [-0.15, -0.1) is 0 Å². The Labute approximate surface area is 131 Å². The number of hydrogen-bond acceptors (Lipinski definition) is 3. The van der Waals surface area contributed by atoms with Gasteiger partial charge in [-0.05, 0) is 37.3 Å². The number of halogens is 1. The van der Waals surface area contributed by atoms with E-state index in [-0.39, 0.29) is 5.91 Å². The van der Waals surface area contributed by atoms with Crippen LogP contribution in [0.25, 0.3) is 0 Å². The Bertz CT molecular complexity index is 656. The predicted molar refractivity (Wildman–Crippen MR) is 85.6 cm³/mol. The molecule has 110 valence electrons. The van der Waals surface area contributed by atoms with Gasteiger partial charge < -0.3 is 15.2 Å². The summed E-state index contributed by atoms with van der Waals surface area (Å²) in [5.41, 5.74) is 1.26. The minimum Gasteiger partial charge on any atom is -0.455 e. The van der Waals surface area contributed by atoms with E-state index in [1.165, 1.54) is 6.92 Å². The first-order chi connectivity index (χ1) is 9.97. The molecule has 0 bridgehead atoms. The topological polar surface area (TPSA) is 58.6 Å². The molecule has 1 atom stereocenters. The third kappa shape index (κ3) is 4.06. The molecule has 1 unspecified atom stereocenters. The summed E-state index contributed by atoms with van der Waals surface area (Å²) in [6, 6.07) is 12.6. The molecule has 0 aromatic heterocycles. The monoisotopic (exact) mass is 349 g/mol. The van der Waals surface area contributed by atoms with E-state index < -0.39 is 6.10 Å². The van der Waals surface area contributed by atoms with Crippen LogP contribution in [0.15, 0.2) is 46.9 Å². The van der Waals surface area contributed by atoms with E-state index in [4.69, 9.17) is 4.74 Å². The first-order valence-corrected chi connectivity index (χ1v) is 7.28. The molecule has 21 heavy (non-hydrogen) atoms. The molecular formula is C16H16BrNO3. The van der Waals surface area contributed by atoms with Crippen LogP contribution < -0.4 is 10.1 Å². The van der Waals surface area contributed by atoms with Crippen LogP contribution in [-0.4, -0.2) is 11.0 Å². The third-order valence-corrected chi connectivity index (χ3v) is 3.33. The summed E-state index contributed by atoms with van der Waals surface area (Å²) in [5.74, 6) is 0.903.